The van der Waals surface area contributed by atoms with E-state index in [9.17, 15) is 0 Å². The van der Waals surface area contributed by atoms with Gasteiger partial charge in [0.25, 0.3) is 0 Å². The monoisotopic (exact) mass is 412 g/mol. The summed E-state index contributed by atoms with van der Waals surface area (Å²) in [7, 11) is 4.15. The van der Waals surface area contributed by atoms with Crippen LogP contribution >= 0.6 is 0 Å². The third-order valence-corrected chi connectivity index (χ3v) is 5.62. The fraction of sp³-hybridized carbons (Fsp3) is 0.208. The van der Waals surface area contributed by atoms with Crippen LogP contribution in [0.5, 0.6) is 11.6 Å². The van der Waals surface area contributed by atoms with Gasteiger partial charge in [-0.05, 0) is 43.3 Å². The number of pyridine rings is 1. The Morgan fingerprint density at radius 2 is 1.84 bits per heavy atom. The SMILES string of the molecule is Cc1cccc(Oc2ccc(-c3c(C4=CCN(C)C4)n(C)c4ncnc(N)c34)cc2)n1. The number of rotatable bonds is 4. The lowest BCUT2D eigenvalue weighted by Crippen LogP contribution is -2.14. The first-order valence-electron chi connectivity index (χ1n) is 10.2. The zero-order valence-electron chi connectivity index (χ0n) is 17.8. The van der Waals surface area contributed by atoms with E-state index in [-0.39, 0.29) is 0 Å². The molecule has 1 aliphatic rings. The van der Waals surface area contributed by atoms with Crippen molar-refractivity contribution < 1.29 is 4.74 Å². The molecule has 0 saturated heterocycles. The Hall–Kier alpha value is -3.71. The van der Waals surface area contributed by atoms with E-state index in [1.165, 1.54) is 11.9 Å². The highest BCUT2D eigenvalue weighted by molar-refractivity contribution is 6.06. The average Bonchev–Trinajstić information content (AvgIpc) is 3.30. The lowest BCUT2D eigenvalue weighted by molar-refractivity contribution is 0.438. The minimum Gasteiger partial charge on any atom is -0.439 e. The van der Waals surface area contributed by atoms with E-state index in [0.29, 0.717) is 11.7 Å². The summed E-state index contributed by atoms with van der Waals surface area (Å²) >= 11 is 0. The van der Waals surface area contributed by atoms with Gasteiger partial charge in [0.05, 0.1) is 11.1 Å². The number of aryl methyl sites for hydroxylation is 2. The van der Waals surface area contributed by atoms with E-state index in [4.69, 9.17) is 10.5 Å². The van der Waals surface area contributed by atoms with Gasteiger partial charge in [0.2, 0.25) is 5.88 Å². The Morgan fingerprint density at radius 1 is 1.03 bits per heavy atom. The largest absolute Gasteiger partial charge is 0.439 e. The standard InChI is InChI=1S/C24H24N6O/c1-15-5-4-6-19(28-15)31-18-9-7-16(8-10-18)20-21-23(25)26-14-27-24(21)30(3)22(20)17-11-12-29(2)13-17/h4-11,14H,12-13H2,1-3H3,(H2,25,26,27). The van der Waals surface area contributed by atoms with Gasteiger partial charge in [0.1, 0.15) is 23.5 Å². The number of ether oxygens (including phenoxy) is 1. The molecule has 2 N–H and O–H groups in total. The van der Waals surface area contributed by atoms with Crippen LogP contribution in [0.15, 0.2) is 54.9 Å². The summed E-state index contributed by atoms with van der Waals surface area (Å²) in [5.41, 5.74) is 12.6. The van der Waals surface area contributed by atoms with Crippen molar-refractivity contribution in [3.63, 3.8) is 0 Å². The second-order valence-corrected chi connectivity index (χ2v) is 7.91. The topological polar surface area (TPSA) is 82.1 Å². The van der Waals surface area contributed by atoms with Crippen LogP contribution in [-0.2, 0) is 7.05 Å². The van der Waals surface area contributed by atoms with Gasteiger partial charge < -0.3 is 15.0 Å². The molecule has 0 fully saturated rings. The molecular weight excluding hydrogens is 388 g/mol. The van der Waals surface area contributed by atoms with Crippen LogP contribution in [0.4, 0.5) is 5.82 Å². The van der Waals surface area contributed by atoms with Crippen molar-refractivity contribution >= 4 is 22.4 Å². The van der Waals surface area contributed by atoms with Crippen molar-refractivity contribution in [1.29, 1.82) is 0 Å². The molecule has 0 saturated carbocycles. The maximum atomic E-state index is 6.32. The maximum Gasteiger partial charge on any atom is 0.219 e. The number of anilines is 1. The van der Waals surface area contributed by atoms with Crippen LogP contribution in [0.2, 0.25) is 0 Å². The minimum atomic E-state index is 0.484. The summed E-state index contributed by atoms with van der Waals surface area (Å²) < 4.78 is 8.05. The highest BCUT2D eigenvalue weighted by atomic mass is 16.5. The molecule has 0 bridgehead atoms. The molecule has 156 valence electrons. The molecule has 7 heteroatoms. The van der Waals surface area contributed by atoms with E-state index in [1.54, 1.807) is 0 Å². The van der Waals surface area contributed by atoms with Crippen molar-refractivity contribution in [3.05, 3.63) is 66.3 Å². The second kappa shape index (κ2) is 7.52. The molecule has 0 amide bonds. The van der Waals surface area contributed by atoms with Gasteiger partial charge in [-0.15, -0.1) is 0 Å². The number of nitrogen functional groups attached to an aromatic ring is 1. The first kappa shape index (κ1) is 19.3. The van der Waals surface area contributed by atoms with Crippen molar-refractivity contribution in [2.24, 2.45) is 7.05 Å². The highest BCUT2D eigenvalue weighted by Gasteiger charge is 2.25. The Labute approximate surface area is 180 Å². The molecule has 31 heavy (non-hydrogen) atoms. The zero-order valence-corrected chi connectivity index (χ0v) is 17.8. The molecule has 1 aromatic carbocycles. The Morgan fingerprint density at radius 3 is 2.55 bits per heavy atom. The van der Waals surface area contributed by atoms with Crippen LogP contribution in [0.25, 0.3) is 27.7 Å². The molecule has 0 atom stereocenters. The molecule has 4 heterocycles. The van der Waals surface area contributed by atoms with Crippen molar-refractivity contribution in [1.82, 2.24) is 24.4 Å². The zero-order chi connectivity index (χ0) is 21.5. The quantitative estimate of drug-likeness (QED) is 0.545. The summed E-state index contributed by atoms with van der Waals surface area (Å²) in [5, 5.41) is 0.879. The van der Waals surface area contributed by atoms with Crippen LogP contribution < -0.4 is 10.5 Å². The second-order valence-electron chi connectivity index (χ2n) is 7.91. The van der Waals surface area contributed by atoms with Gasteiger partial charge in [-0.2, -0.15) is 0 Å². The first-order valence-corrected chi connectivity index (χ1v) is 10.2. The molecule has 3 aromatic heterocycles. The van der Waals surface area contributed by atoms with Crippen LogP contribution in [0.1, 0.15) is 11.4 Å². The molecule has 0 aliphatic carbocycles. The first-order chi connectivity index (χ1) is 15.0. The van der Waals surface area contributed by atoms with Crippen molar-refractivity contribution in [2.75, 3.05) is 25.9 Å². The van der Waals surface area contributed by atoms with Gasteiger partial charge in [-0.1, -0.05) is 24.3 Å². The molecule has 1 aliphatic heterocycles. The highest BCUT2D eigenvalue weighted by Crippen LogP contribution is 2.40. The maximum absolute atomic E-state index is 6.32. The van der Waals surface area contributed by atoms with Crippen LogP contribution in [-0.4, -0.2) is 44.6 Å². The molecule has 0 spiro atoms. The fourth-order valence-electron chi connectivity index (χ4n) is 4.18. The lowest BCUT2D eigenvalue weighted by Gasteiger charge is -2.12. The van der Waals surface area contributed by atoms with Crippen LogP contribution in [0, 0.1) is 6.92 Å². The third kappa shape index (κ3) is 3.43. The van der Waals surface area contributed by atoms with Crippen molar-refractivity contribution in [3.8, 4) is 22.8 Å². The number of benzene rings is 1. The predicted octanol–water partition coefficient (Wildman–Crippen LogP) is 4.04. The van der Waals surface area contributed by atoms with E-state index < -0.39 is 0 Å². The summed E-state index contributed by atoms with van der Waals surface area (Å²) in [6.07, 6.45) is 3.79. The number of aromatic nitrogens is 4. The van der Waals surface area contributed by atoms with Gasteiger partial charge in [0, 0.05) is 37.5 Å². The molecular formula is C24H24N6O. The van der Waals surface area contributed by atoms with Gasteiger partial charge in [-0.25, -0.2) is 15.0 Å². The third-order valence-electron chi connectivity index (χ3n) is 5.62. The summed E-state index contributed by atoms with van der Waals surface area (Å²) in [4.78, 5) is 15.5. The van der Waals surface area contributed by atoms with Crippen LogP contribution in [0.3, 0.4) is 0 Å². The van der Waals surface area contributed by atoms with Gasteiger partial charge in [-0.3, -0.25) is 4.90 Å². The van der Waals surface area contributed by atoms with E-state index >= 15 is 0 Å². The molecule has 0 unspecified atom stereocenters. The van der Waals surface area contributed by atoms with Gasteiger partial charge in [0.15, 0.2) is 0 Å². The number of nitrogens with zero attached hydrogens (tertiary/aromatic N) is 5. The predicted molar refractivity (Wildman–Crippen MR) is 123 cm³/mol. The number of hydrogen-bond donors (Lipinski definition) is 1. The lowest BCUT2D eigenvalue weighted by atomic mass is 9.99. The molecule has 0 radical (unpaired) electrons. The summed E-state index contributed by atoms with van der Waals surface area (Å²) in [5.74, 6) is 1.79. The van der Waals surface area contributed by atoms with Crippen molar-refractivity contribution in [2.45, 2.75) is 6.92 Å². The Kier molecular flexibility index (Phi) is 4.67. The fourth-order valence-corrected chi connectivity index (χ4v) is 4.18. The molecule has 4 aromatic rings. The molecule has 7 nitrogen and oxygen atoms in total. The number of fused-ring (bicyclic) bond motifs is 1. The Balaban J connectivity index is 1.61. The number of nitrogens with two attached hydrogens (primary N) is 1. The average molecular weight is 412 g/mol. The Bertz CT molecular complexity index is 1310. The van der Waals surface area contributed by atoms with E-state index in [1.807, 2.05) is 44.3 Å². The smallest absolute Gasteiger partial charge is 0.219 e. The minimum absolute atomic E-state index is 0.484. The molecule has 5 rings (SSSR count). The number of likely N-dealkylation sites (N-methyl/N-ethyl adjacent to an activating group) is 1. The summed E-state index contributed by atoms with van der Waals surface area (Å²) in [6, 6.07) is 13.7. The summed E-state index contributed by atoms with van der Waals surface area (Å²) in [6.45, 7) is 3.75. The normalized spacial score (nSPS) is 14.2. The van der Waals surface area contributed by atoms with E-state index in [0.717, 1.165) is 52.4 Å². The number of hydrogen-bond acceptors (Lipinski definition) is 6. The van der Waals surface area contributed by atoms with Gasteiger partial charge >= 0.3 is 0 Å². The van der Waals surface area contributed by atoms with E-state index in [2.05, 4.69) is 49.7 Å².